The molecule has 5 rings (SSSR count). The Bertz CT molecular complexity index is 1090. The van der Waals surface area contributed by atoms with Crippen LogP contribution in [0.3, 0.4) is 0 Å². The van der Waals surface area contributed by atoms with Gasteiger partial charge in [0.15, 0.2) is 5.78 Å². The average Bonchev–Trinajstić information content (AvgIpc) is 3.39. The Balaban J connectivity index is 1.70. The number of Topliss-reactive ketones (excluding diaryl/α,β-unsaturated/α-hetero) is 1. The van der Waals surface area contributed by atoms with E-state index in [0.29, 0.717) is 11.3 Å². The maximum atomic E-state index is 13.5. The van der Waals surface area contributed by atoms with Crippen LogP contribution in [-0.2, 0) is 0 Å². The highest BCUT2D eigenvalue weighted by atomic mass is 16.6. The van der Waals surface area contributed by atoms with E-state index >= 15 is 0 Å². The molecule has 0 N–H and O–H groups in total. The van der Waals surface area contributed by atoms with Crippen LogP contribution >= 0.6 is 0 Å². The van der Waals surface area contributed by atoms with Gasteiger partial charge in [-0.3, -0.25) is 19.9 Å². The minimum atomic E-state index is -1.07. The summed E-state index contributed by atoms with van der Waals surface area (Å²) in [6.07, 6.45) is 3.14. The summed E-state index contributed by atoms with van der Waals surface area (Å²) >= 11 is 0. The predicted octanol–water partition coefficient (Wildman–Crippen LogP) is 3.66. The van der Waals surface area contributed by atoms with Gasteiger partial charge in [-0.25, -0.2) is 0 Å². The Hall–Kier alpha value is -3.74. The fourth-order valence-corrected chi connectivity index (χ4v) is 4.48. The van der Waals surface area contributed by atoms with Crippen molar-refractivity contribution in [2.75, 3.05) is 0 Å². The van der Waals surface area contributed by atoms with Crippen LogP contribution in [0.15, 0.2) is 82.5 Å². The maximum Gasteiger partial charge on any atom is 0.251 e. The fraction of sp³-hybridized carbons (Fsp3) is 0.182. The van der Waals surface area contributed by atoms with Gasteiger partial charge in [-0.1, -0.05) is 54.6 Å². The summed E-state index contributed by atoms with van der Waals surface area (Å²) in [6.45, 7) is 0. The molecule has 2 aliphatic rings. The van der Waals surface area contributed by atoms with Crippen molar-refractivity contribution < 1.29 is 14.1 Å². The van der Waals surface area contributed by atoms with E-state index in [4.69, 9.17) is 4.42 Å². The quantitative estimate of drug-likeness (QED) is 0.387. The first kappa shape index (κ1) is 17.4. The molecule has 0 bridgehead atoms. The zero-order chi connectivity index (χ0) is 20.0. The van der Waals surface area contributed by atoms with Crippen LogP contribution in [-0.4, -0.2) is 34.0 Å². The van der Waals surface area contributed by atoms with Crippen molar-refractivity contribution in [1.29, 1.82) is 0 Å². The molecule has 0 radical (unpaired) electrons. The van der Waals surface area contributed by atoms with Crippen molar-refractivity contribution in [3.8, 4) is 0 Å². The molecule has 3 aromatic rings. The first-order valence-corrected chi connectivity index (χ1v) is 9.34. The van der Waals surface area contributed by atoms with Crippen LogP contribution in [0.25, 0.3) is 0 Å². The second kappa shape index (κ2) is 6.70. The number of hydrazone groups is 1. The second-order valence-corrected chi connectivity index (χ2v) is 7.19. The molecule has 144 valence electrons. The lowest BCUT2D eigenvalue weighted by molar-refractivity contribution is -0.529. The van der Waals surface area contributed by atoms with E-state index in [0.717, 1.165) is 11.1 Å². The number of nitro groups is 1. The first-order chi connectivity index (χ1) is 14.2. The van der Waals surface area contributed by atoms with Gasteiger partial charge in [0.1, 0.15) is 23.8 Å². The Labute approximate surface area is 166 Å². The number of carbonyl (C=O) groups excluding carboxylic acids is 1. The Morgan fingerprint density at radius 3 is 2.52 bits per heavy atom. The van der Waals surface area contributed by atoms with Crippen LogP contribution in [0.2, 0.25) is 0 Å². The Morgan fingerprint density at radius 1 is 1.03 bits per heavy atom. The van der Waals surface area contributed by atoms with Crippen molar-refractivity contribution in [2.24, 2.45) is 5.10 Å². The lowest BCUT2D eigenvalue weighted by Gasteiger charge is -2.30. The van der Waals surface area contributed by atoms with Gasteiger partial charge in [0.05, 0.1) is 12.5 Å². The van der Waals surface area contributed by atoms with E-state index in [9.17, 15) is 14.9 Å². The van der Waals surface area contributed by atoms with Crippen LogP contribution in [0.1, 0.15) is 39.2 Å². The van der Waals surface area contributed by atoms with Crippen molar-refractivity contribution in [1.82, 2.24) is 5.01 Å². The Kier molecular flexibility index (Phi) is 4.01. The topological polar surface area (TPSA) is 88.9 Å². The molecule has 0 amide bonds. The smallest absolute Gasteiger partial charge is 0.251 e. The second-order valence-electron chi connectivity index (χ2n) is 7.19. The summed E-state index contributed by atoms with van der Waals surface area (Å²) < 4.78 is 5.57. The fourth-order valence-electron chi connectivity index (χ4n) is 4.48. The summed E-state index contributed by atoms with van der Waals surface area (Å²) in [4.78, 5) is 25.5. The molecule has 0 aliphatic carbocycles. The summed E-state index contributed by atoms with van der Waals surface area (Å²) in [7, 11) is 0. The predicted molar refractivity (Wildman–Crippen MR) is 105 cm³/mol. The summed E-state index contributed by atoms with van der Waals surface area (Å²) in [5.41, 5.74) is 2.11. The first-order valence-electron chi connectivity index (χ1n) is 9.34. The molecule has 2 aromatic carbocycles. The monoisotopic (exact) mass is 387 g/mol. The number of hydrogen-bond donors (Lipinski definition) is 0. The molecule has 3 heterocycles. The third kappa shape index (κ3) is 2.66. The minimum absolute atomic E-state index is 0.210. The number of fused-ring (bicyclic) bond motifs is 3. The van der Waals surface area contributed by atoms with Crippen molar-refractivity contribution in [3.05, 3.63) is 106 Å². The molecule has 0 saturated carbocycles. The summed E-state index contributed by atoms with van der Waals surface area (Å²) in [6, 6.07) is 17.1. The molecule has 1 saturated heterocycles. The van der Waals surface area contributed by atoms with Gasteiger partial charge >= 0.3 is 0 Å². The van der Waals surface area contributed by atoms with Gasteiger partial charge in [0.25, 0.3) is 6.04 Å². The highest BCUT2D eigenvalue weighted by Crippen LogP contribution is 2.49. The largest absolute Gasteiger partial charge is 0.469 e. The maximum absolute atomic E-state index is 13.5. The molecule has 7 nitrogen and oxygen atoms in total. The van der Waals surface area contributed by atoms with E-state index in [1.54, 1.807) is 47.6 Å². The third-order valence-electron chi connectivity index (χ3n) is 5.69. The van der Waals surface area contributed by atoms with Gasteiger partial charge in [-0.05, 0) is 17.7 Å². The van der Waals surface area contributed by atoms with Crippen LogP contribution < -0.4 is 0 Å². The molecule has 1 fully saturated rings. The van der Waals surface area contributed by atoms with Crippen molar-refractivity contribution in [3.63, 3.8) is 0 Å². The van der Waals surface area contributed by atoms with E-state index in [1.165, 1.54) is 6.26 Å². The highest BCUT2D eigenvalue weighted by molar-refractivity contribution is 6.01. The summed E-state index contributed by atoms with van der Waals surface area (Å²) in [5.74, 6) is -0.554. The molecular weight excluding hydrogens is 370 g/mol. The number of benzene rings is 2. The lowest BCUT2D eigenvalue weighted by Crippen LogP contribution is -2.38. The number of ketones is 1. The van der Waals surface area contributed by atoms with Crippen LogP contribution in [0, 0.1) is 10.1 Å². The summed E-state index contributed by atoms with van der Waals surface area (Å²) in [5, 5.41) is 18.3. The molecule has 4 atom stereocenters. The third-order valence-corrected chi connectivity index (χ3v) is 5.69. The van der Waals surface area contributed by atoms with E-state index in [2.05, 4.69) is 5.10 Å². The van der Waals surface area contributed by atoms with Gasteiger partial charge in [0.2, 0.25) is 0 Å². The number of hydrogen-bond acceptors (Lipinski definition) is 6. The van der Waals surface area contributed by atoms with E-state index < -0.39 is 24.0 Å². The zero-order valence-corrected chi connectivity index (χ0v) is 15.3. The van der Waals surface area contributed by atoms with Crippen LogP contribution in [0.5, 0.6) is 0 Å². The lowest BCUT2D eigenvalue weighted by atomic mass is 9.85. The van der Waals surface area contributed by atoms with Crippen molar-refractivity contribution in [2.45, 2.75) is 24.0 Å². The van der Waals surface area contributed by atoms with Crippen LogP contribution in [0.4, 0.5) is 0 Å². The number of nitrogens with zero attached hydrogens (tertiary/aromatic N) is 3. The number of carbonyl (C=O) groups is 1. The Morgan fingerprint density at radius 2 is 1.79 bits per heavy atom. The van der Waals surface area contributed by atoms with E-state index in [-0.39, 0.29) is 10.7 Å². The molecule has 7 heteroatoms. The van der Waals surface area contributed by atoms with Gasteiger partial charge in [-0.2, -0.15) is 5.10 Å². The molecule has 0 spiro atoms. The van der Waals surface area contributed by atoms with E-state index in [1.807, 2.05) is 30.3 Å². The normalized spacial score (nSPS) is 24.8. The minimum Gasteiger partial charge on any atom is -0.469 e. The molecule has 2 aliphatic heterocycles. The standard InChI is InChI=1S/C22H17N3O4/c26-22(14-7-2-1-3-8-14)21-18(17-11-6-12-29-17)20(25(27)28)19-16-10-5-4-9-15(16)13-23-24(19)21/h1-13,18-21H/t18-,19-,20+,21+/m1/s1. The van der Waals surface area contributed by atoms with Gasteiger partial charge in [-0.15, -0.1) is 0 Å². The number of furan rings is 1. The molecule has 29 heavy (non-hydrogen) atoms. The van der Waals surface area contributed by atoms with Gasteiger partial charge < -0.3 is 4.42 Å². The molecular formula is C22H17N3O4. The average molecular weight is 387 g/mol. The SMILES string of the molecule is O=C(c1ccccc1)[C@@H]1[C@H](c2ccco2)[C@H]([N+](=O)[O-])[C@H]2c3ccccc3C=NN12. The highest BCUT2D eigenvalue weighted by Gasteiger charge is 2.61. The zero-order valence-electron chi connectivity index (χ0n) is 15.3. The van der Waals surface area contributed by atoms with Crippen molar-refractivity contribution >= 4 is 12.0 Å². The molecule has 0 unspecified atom stereocenters. The number of rotatable bonds is 4. The van der Waals surface area contributed by atoms with Gasteiger partial charge in [0, 0.05) is 16.1 Å². The molecule has 1 aromatic heterocycles.